The van der Waals surface area contributed by atoms with Crippen LogP contribution in [-0.4, -0.2) is 4.40 Å². The minimum Gasteiger partial charge on any atom is -0.310 e. The number of anilines is 6. The summed E-state index contributed by atoms with van der Waals surface area (Å²) in [5.74, 6) is 0. The summed E-state index contributed by atoms with van der Waals surface area (Å²) in [6.45, 7) is 6.17. The highest BCUT2D eigenvalue weighted by atomic mass is 32.1. The molecule has 3 heterocycles. The van der Waals surface area contributed by atoms with Crippen molar-refractivity contribution in [2.45, 2.75) is 26.2 Å². The van der Waals surface area contributed by atoms with Crippen molar-refractivity contribution in [1.82, 2.24) is 4.40 Å². The molecule has 0 aliphatic heterocycles. The van der Waals surface area contributed by atoms with Gasteiger partial charge in [-0.25, -0.2) is 0 Å². The maximum Gasteiger partial charge on any atom is 0.0645 e. The van der Waals surface area contributed by atoms with Crippen molar-refractivity contribution in [3.8, 4) is 0 Å². The van der Waals surface area contributed by atoms with Crippen molar-refractivity contribution in [2.24, 2.45) is 0 Å². The van der Waals surface area contributed by atoms with E-state index in [-0.39, 0.29) is 16.8 Å². The minimum atomic E-state index is -0.684. The summed E-state index contributed by atoms with van der Waals surface area (Å²) in [4.78, 5) is 2.34. The molecule has 0 unspecified atom stereocenters. The van der Waals surface area contributed by atoms with E-state index in [1.54, 1.807) is 24.3 Å². The minimum absolute atomic E-state index is 0.162. The van der Waals surface area contributed by atoms with Crippen molar-refractivity contribution in [2.75, 3.05) is 9.80 Å². The van der Waals surface area contributed by atoms with Crippen LogP contribution in [0.5, 0.6) is 0 Å². The Morgan fingerprint density at radius 2 is 1.05 bits per heavy atom. The quantitative estimate of drug-likeness (QED) is 0.166. The zero-order valence-corrected chi connectivity index (χ0v) is 33.0. The zero-order valence-electron chi connectivity index (χ0n) is 52.2. The number of hydrogen-bond donors (Lipinski definition) is 0. The first-order chi connectivity index (χ1) is 37.7. The first-order valence-corrected chi connectivity index (χ1v) is 19.9. The highest BCUT2D eigenvalue weighted by Gasteiger charge is 2.26. The third kappa shape index (κ3) is 5.27. The topological polar surface area (TPSA) is 10.9 Å². The van der Waals surface area contributed by atoms with Gasteiger partial charge in [-0.05, 0) is 119 Å². The second-order valence-electron chi connectivity index (χ2n) is 15.6. The summed E-state index contributed by atoms with van der Waals surface area (Å²) in [6, 6.07) is 9.37. The van der Waals surface area contributed by atoms with Crippen LogP contribution < -0.4 is 9.80 Å². The lowest BCUT2D eigenvalue weighted by molar-refractivity contribution is 0.591. The van der Waals surface area contributed by atoms with E-state index >= 15 is 0 Å². The summed E-state index contributed by atoms with van der Waals surface area (Å²) in [5, 5.41) is 6.02. The molecule has 0 saturated heterocycles. The Kier molecular flexibility index (Phi) is 4.44. The monoisotopic (exact) mass is 807 g/mol. The van der Waals surface area contributed by atoms with Gasteiger partial charge >= 0.3 is 0 Å². The van der Waals surface area contributed by atoms with Gasteiger partial charge < -0.3 is 14.2 Å². The Bertz CT molecular complexity index is 4540. The van der Waals surface area contributed by atoms with Crippen molar-refractivity contribution in [3.05, 3.63) is 199 Å². The fraction of sp³-hybridized carbons (Fsp3) is 0.0714. The Morgan fingerprint density at radius 3 is 1.67 bits per heavy atom. The van der Waals surface area contributed by atoms with Gasteiger partial charge in [-0.15, -0.1) is 11.3 Å². The number of thiophene rings is 1. The number of benzene rings is 9. The van der Waals surface area contributed by atoms with Crippen LogP contribution in [0.1, 0.15) is 53.7 Å². The molecule has 3 aromatic heterocycles. The van der Waals surface area contributed by atoms with E-state index in [1.165, 1.54) is 16.2 Å². The smallest absolute Gasteiger partial charge is 0.0645 e. The molecule has 0 amide bonds. The Morgan fingerprint density at radius 1 is 0.450 bits per heavy atom. The lowest BCUT2D eigenvalue weighted by Gasteiger charge is -2.26. The number of para-hydroxylation sites is 4. The summed E-state index contributed by atoms with van der Waals surface area (Å²) in [6.07, 6.45) is 0. The highest BCUT2D eigenvalue weighted by Crippen LogP contribution is 2.50. The largest absolute Gasteiger partial charge is 0.310 e. The molecule has 286 valence electrons. The van der Waals surface area contributed by atoms with Gasteiger partial charge in [-0.1, -0.05) is 118 Å². The van der Waals surface area contributed by atoms with Crippen LogP contribution in [0.4, 0.5) is 34.1 Å². The van der Waals surface area contributed by atoms with Gasteiger partial charge in [-0.3, -0.25) is 0 Å². The molecule has 0 bridgehead atoms. The van der Waals surface area contributed by atoms with Gasteiger partial charge in [0.05, 0.1) is 49.7 Å². The molecule has 0 spiro atoms. The van der Waals surface area contributed by atoms with Crippen LogP contribution in [0.15, 0.2) is 194 Å². The lowest BCUT2D eigenvalue weighted by atomic mass is 9.86. The summed E-state index contributed by atoms with van der Waals surface area (Å²) >= 11 is 1.39. The molecule has 0 atom stereocenters. The van der Waals surface area contributed by atoms with E-state index in [9.17, 15) is 5.48 Å². The highest BCUT2D eigenvalue weighted by molar-refractivity contribution is 7.26. The fourth-order valence-electron chi connectivity index (χ4n) is 8.56. The van der Waals surface area contributed by atoms with E-state index in [2.05, 4.69) is 37.3 Å². The Balaban J connectivity index is 1.17. The fourth-order valence-corrected chi connectivity index (χ4v) is 9.71. The Labute approximate surface area is 381 Å². The molecule has 0 aliphatic carbocycles. The second-order valence-corrected chi connectivity index (χ2v) is 16.6. The van der Waals surface area contributed by atoms with E-state index in [4.69, 9.17) is 21.9 Å². The van der Waals surface area contributed by atoms with Crippen molar-refractivity contribution >= 4 is 115 Å². The molecule has 0 fully saturated rings. The van der Waals surface area contributed by atoms with Crippen LogP contribution in [0, 0.1) is 0 Å². The van der Waals surface area contributed by atoms with Crippen molar-refractivity contribution < 1.29 is 27.4 Å². The van der Waals surface area contributed by atoms with Crippen LogP contribution in [0.3, 0.4) is 0 Å². The molecule has 4 heteroatoms. The molecule has 9 aromatic carbocycles. The average molecular weight is 808 g/mol. The molecular formula is C56H41N3S. The van der Waals surface area contributed by atoms with E-state index < -0.39 is 144 Å². The van der Waals surface area contributed by atoms with Crippen LogP contribution >= 0.6 is 11.3 Å². The number of nitrogens with zero attached hydrogens (tertiary/aromatic N) is 3. The van der Waals surface area contributed by atoms with E-state index in [0.29, 0.717) is 26.5 Å². The molecule has 0 N–H and O–H groups in total. The van der Waals surface area contributed by atoms with E-state index in [1.807, 2.05) is 36.4 Å². The summed E-state index contributed by atoms with van der Waals surface area (Å²) < 4.78 is 179. The predicted molar refractivity (Wildman–Crippen MR) is 260 cm³/mol. The third-order valence-corrected chi connectivity index (χ3v) is 12.3. The van der Waals surface area contributed by atoms with Gasteiger partial charge in [0.25, 0.3) is 0 Å². The van der Waals surface area contributed by atoms with Crippen LogP contribution in [-0.2, 0) is 5.41 Å². The average Bonchev–Trinajstić information content (AvgIpc) is 4.15. The second kappa shape index (κ2) is 13.2. The molecule has 3 nitrogen and oxygen atoms in total. The molecular weight excluding hydrogens is 747 g/mol. The van der Waals surface area contributed by atoms with Crippen molar-refractivity contribution in [1.29, 1.82) is 0 Å². The zero-order chi connectivity index (χ0) is 57.5. The van der Waals surface area contributed by atoms with Gasteiger partial charge in [0.2, 0.25) is 0 Å². The molecule has 12 rings (SSSR count). The number of aromatic nitrogens is 1. The standard InChI is InChI=1S/C56H41N3S/c1-56(2,3)37-25-29-48-47(33-37)54-49(58(40-20-12-6-13-21-40)41-22-14-7-15-23-41)30-28-43-46-32-36-24-31-51-53(45(36)35-50(46)59(48)55(43)54)44-27-26-42(34-52(44)60-51)57(38-16-8-4-9-17-38)39-18-10-5-11-19-39/h4-35H,1-3H3/i4D,5D,6D,7D,8D,9D,10D,11D,12D,13D,14D,15D,16D,17D,18D,19D,20D,21D,22D,23D. The first-order valence-electron chi connectivity index (χ1n) is 29.1. The molecule has 60 heavy (non-hydrogen) atoms. The summed E-state index contributed by atoms with van der Waals surface area (Å²) in [7, 11) is 0. The van der Waals surface area contributed by atoms with Gasteiger partial charge in [0.1, 0.15) is 0 Å². The first kappa shape index (κ1) is 20.2. The molecule has 0 aliphatic rings. The van der Waals surface area contributed by atoms with E-state index in [0.717, 1.165) is 53.0 Å². The van der Waals surface area contributed by atoms with Gasteiger partial charge in [0.15, 0.2) is 0 Å². The normalized spacial score (nSPS) is 16.9. The Hall–Kier alpha value is -7.14. The third-order valence-electron chi connectivity index (χ3n) is 11.2. The maximum absolute atomic E-state index is 9.25. The number of rotatable bonds is 6. The molecule has 12 aromatic rings. The van der Waals surface area contributed by atoms with Gasteiger partial charge in [0, 0.05) is 70.2 Å². The SMILES string of the molecule is [2H]c1c([2H])c([2H])c(N(c2ccc3c(c2)sc2ccc4cc5c6ccc(N(c7c([2H])c([2H])c([2H])c([2H])c7[2H])c7c([2H])c([2H])c([2H])c([2H])c7[2H])c7c8cc(C(C)(C)C)ccc8n(c5cc4c23)c67)c2c([2H])c([2H])c([2H])c([2H])c2[2H])c([2H])c1[2H]. The van der Waals surface area contributed by atoms with Gasteiger partial charge in [-0.2, -0.15) is 0 Å². The maximum atomic E-state index is 9.25. The lowest BCUT2D eigenvalue weighted by Crippen LogP contribution is -2.11. The van der Waals surface area contributed by atoms with Crippen molar-refractivity contribution in [3.63, 3.8) is 0 Å². The predicted octanol–water partition coefficient (Wildman–Crippen LogP) is 16.6. The van der Waals surface area contributed by atoms with Crippen LogP contribution in [0.2, 0.25) is 0 Å². The number of hydrogen-bond acceptors (Lipinski definition) is 3. The number of fused-ring (bicyclic) bond motifs is 11. The summed E-state index contributed by atoms with van der Waals surface area (Å²) in [5.41, 5.74) is 1.35. The molecule has 0 saturated carbocycles. The van der Waals surface area contributed by atoms with Crippen LogP contribution in [0.25, 0.3) is 69.0 Å². The molecule has 0 radical (unpaired) electrons.